The fourth-order valence-electron chi connectivity index (χ4n) is 1.67. The zero-order valence-electron chi connectivity index (χ0n) is 9.95. The molecule has 18 heavy (non-hydrogen) atoms. The van der Waals surface area contributed by atoms with E-state index in [1.54, 1.807) is 12.1 Å². The topological polar surface area (TPSA) is 52.4 Å². The minimum absolute atomic E-state index is 0.0350. The highest BCUT2D eigenvalue weighted by molar-refractivity contribution is 5.38. The largest absolute Gasteiger partial charge is 0.486 e. The predicted molar refractivity (Wildman–Crippen MR) is 68.6 cm³/mol. The molecule has 0 spiro atoms. The highest BCUT2D eigenvalue weighted by atomic mass is 16.6. The second-order valence-corrected chi connectivity index (χ2v) is 3.93. The number of non-ortho nitro benzene ring substituents is 1. The van der Waals surface area contributed by atoms with Crippen molar-refractivity contribution in [3.05, 3.63) is 70.3 Å². The molecule has 0 radical (unpaired) electrons. The van der Waals surface area contributed by atoms with E-state index in [9.17, 15) is 10.1 Å². The van der Waals surface area contributed by atoms with E-state index in [1.165, 1.54) is 12.1 Å². The molecule has 0 saturated carbocycles. The summed E-state index contributed by atoms with van der Waals surface area (Å²) in [5, 5.41) is 10.7. The van der Waals surface area contributed by atoms with E-state index in [4.69, 9.17) is 4.74 Å². The van der Waals surface area contributed by atoms with E-state index in [-0.39, 0.29) is 11.8 Å². The quantitative estimate of drug-likeness (QED) is 0.607. The van der Waals surface area contributed by atoms with Gasteiger partial charge in [0.1, 0.15) is 11.9 Å². The molecule has 2 aromatic rings. The average molecular weight is 243 g/mol. The van der Waals surface area contributed by atoms with Crippen LogP contribution in [0.3, 0.4) is 0 Å². The Morgan fingerprint density at radius 2 is 1.83 bits per heavy atom. The molecule has 2 rings (SSSR count). The SMILES string of the molecule is CC(Oc1cccc([N+](=O)[O-])c1)c1ccccc1. The summed E-state index contributed by atoms with van der Waals surface area (Å²) in [7, 11) is 0. The van der Waals surface area contributed by atoms with Gasteiger partial charge in [0.05, 0.1) is 11.0 Å². The number of nitrogens with zero attached hydrogens (tertiary/aromatic N) is 1. The Hall–Kier alpha value is -2.36. The molecule has 1 unspecified atom stereocenters. The van der Waals surface area contributed by atoms with Crippen LogP contribution in [0.2, 0.25) is 0 Å². The number of hydrogen-bond acceptors (Lipinski definition) is 3. The molecule has 0 aromatic heterocycles. The van der Waals surface area contributed by atoms with E-state index in [2.05, 4.69) is 0 Å². The Labute approximate surface area is 105 Å². The molecule has 4 heteroatoms. The molecule has 1 atom stereocenters. The summed E-state index contributed by atoms with van der Waals surface area (Å²) in [5.74, 6) is 0.501. The minimum Gasteiger partial charge on any atom is -0.486 e. The molecule has 0 amide bonds. The number of nitro benzene ring substituents is 1. The standard InChI is InChI=1S/C14H13NO3/c1-11(12-6-3-2-4-7-12)18-14-9-5-8-13(10-14)15(16)17/h2-11H,1H3. The molecular weight excluding hydrogens is 230 g/mol. The van der Waals surface area contributed by atoms with Crippen LogP contribution < -0.4 is 4.74 Å². The zero-order chi connectivity index (χ0) is 13.0. The Balaban J connectivity index is 2.14. The van der Waals surface area contributed by atoms with Gasteiger partial charge in [-0.2, -0.15) is 0 Å². The van der Waals surface area contributed by atoms with E-state index < -0.39 is 4.92 Å². The van der Waals surface area contributed by atoms with Crippen molar-refractivity contribution in [2.24, 2.45) is 0 Å². The fraction of sp³-hybridized carbons (Fsp3) is 0.143. The molecular formula is C14H13NO3. The lowest BCUT2D eigenvalue weighted by Gasteiger charge is -2.14. The van der Waals surface area contributed by atoms with E-state index >= 15 is 0 Å². The van der Waals surface area contributed by atoms with Crippen LogP contribution in [0.1, 0.15) is 18.6 Å². The lowest BCUT2D eigenvalue weighted by molar-refractivity contribution is -0.384. The Morgan fingerprint density at radius 1 is 1.11 bits per heavy atom. The molecule has 0 aliphatic carbocycles. The molecule has 0 aliphatic heterocycles. The second-order valence-electron chi connectivity index (χ2n) is 3.93. The number of hydrogen-bond donors (Lipinski definition) is 0. The van der Waals surface area contributed by atoms with Gasteiger partial charge in [-0.1, -0.05) is 36.4 Å². The van der Waals surface area contributed by atoms with Crippen molar-refractivity contribution in [2.45, 2.75) is 13.0 Å². The van der Waals surface area contributed by atoms with Crippen LogP contribution in [0.4, 0.5) is 5.69 Å². The second kappa shape index (κ2) is 5.31. The highest BCUT2D eigenvalue weighted by Crippen LogP contribution is 2.24. The molecule has 0 saturated heterocycles. The molecule has 2 aromatic carbocycles. The van der Waals surface area contributed by atoms with Gasteiger partial charge >= 0.3 is 0 Å². The lowest BCUT2D eigenvalue weighted by Crippen LogP contribution is -2.02. The van der Waals surface area contributed by atoms with Crippen molar-refractivity contribution in [3.8, 4) is 5.75 Å². The van der Waals surface area contributed by atoms with Crippen molar-refractivity contribution in [1.29, 1.82) is 0 Å². The third-order valence-corrected chi connectivity index (χ3v) is 2.61. The molecule has 4 nitrogen and oxygen atoms in total. The smallest absolute Gasteiger partial charge is 0.273 e. The van der Waals surface area contributed by atoms with E-state index in [1.807, 2.05) is 37.3 Å². The average Bonchev–Trinajstić information content (AvgIpc) is 2.40. The Bertz CT molecular complexity index is 540. The fourth-order valence-corrected chi connectivity index (χ4v) is 1.67. The lowest BCUT2D eigenvalue weighted by atomic mass is 10.1. The maximum atomic E-state index is 10.7. The van der Waals surface area contributed by atoms with Gasteiger partial charge in [0.15, 0.2) is 0 Å². The van der Waals surface area contributed by atoms with Crippen LogP contribution >= 0.6 is 0 Å². The highest BCUT2D eigenvalue weighted by Gasteiger charge is 2.10. The summed E-state index contributed by atoms with van der Waals surface area (Å²) >= 11 is 0. The van der Waals surface area contributed by atoms with Gasteiger partial charge in [0, 0.05) is 6.07 Å². The number of ether oxygens (including phenoxy) is 1. The first-order valence-electron chi connectivity index (χ1n) is 5.63. The van der Waals surface area contributed by atoms with Gasteiger partial charge in [0.25, 0.3) is 5.69 Å². The van der Waals surface area contributed by atoms with Crippen LogP contribution in [0, 0.1) is 10.1 Å². The van der Waals surface area contributed by atoms with Gasteiger partial charge in [0.2, 0.25) is 0 Å². The number of rotatable bonds is 4. The van der Waals surface area contributed by atoms with Gasteiger partial charge < -0.3 is 4.74 Å². The van der Waals surface area contributed by atoms with Gasteiger partial charge in [-0.15, -0.1) is 0 Å². The van der Waals surface area contributed by atoms with E-state index in [0.717, 1.165) is 5.56 Å². The van der Waals surface area contributed by atoms with Crippen molar-refractivity contribution < 1.29 is 9.66 Å². The van der Waals surface area contributed by atoms with Crippen LogP contribution in [0.25, 0.3) is 0 Å². The summed E-state index contributed by atoms with van der Waals surface area (Å²) in [6.45, 7) is 1.91. The van der Waals surface area contributed by atoms with Crippen molar-refractivity contribution in [1.82, 2.24) is 0 Å². The van der Waals surface area contributed by atoms with Gasteiger partial charge in [-0.3, -0.25) is 10.1 Å². The molecule has 0 bridgehead atoms. The number of benzene rings is 2. The Kier molecular flexibility index (Phi) is 3.57. The predicted octanol–water partition coefficient (Wildman–Crippen LogP) is 3.73. The summed E-state index contributed by atoms with van der Waals surface area (Å²) in [6.07, 6.45) is -0.145. The first-order valence-corrected chi connectivity index (χ1v) is 5.63. The third-order valence-electron chi connectivity index (χ3n) is 2.61. The van der Waals surface area contributed by atoms with Gasteiger partial charge in [-0.05, 0) is 18.6 Å². The van der Waals surface area contributed by atoms with Crippen LogP contribution in [-0.4, -0.2) is 4.92 Å². The molecule has 0 heterocycles. The molecule has 0 fully saturated rings. The summed E-state index contributed by atoms with van der Waals surface area (Å²) < 4.78 is 5.69. The monoisotopic (exact) mass is 243 g/mol. The molecule has 0 aliphatic rings. The molecule has 0 N–H and O–H groups in total. The van der Waals surface area contributed by atoms with Crippen LogP contribution in [0.15, 0.2) is 54.6 Å². The number of nitro groups is 1. The maximum Gasteiger partial charge on any atom is 0.273 e. The van der Waals surface area contributed by atoms with Crippen molar-refractivity contribution >= 4 is 5.69 Å². The first-order chi connectivity index (χ1) is 8.66. The van der Waals surface area contributed by atoms with Crippen molar-refractivity contribution in [3.63, 3.8) is 0 Å². The maximum absolute atomic E-state index is 10.7. The van der Waals surface area contributed by atoms with Crippen LogP contribution in [-0.2, 0) is 0 Å². The Morgan fingerprint density at radius 3 is 2.50 bits per heavy atom. The summed E-state index contributed by atoms with van der Waals surface area (Å²) in [4.78, 5) is 10.2. The first kappa shape index (κ1) is 12.1. The van der Waals surface area contributed by atoms with E-state index in [0.29, 0.717) is 5.75 Å². The van der Waals surface area contributed by atoms with Crippen LogP contribution in [0.5, 0.6) is 5.75 Å². The zero-order valence-corrected chi connectivity index (χ0v) is 9.95. The third kappa shape index (κ3) is 2.85. The summed E-state index contributed by atoms with van der Waals surface area (Å²) in [6, 6.07) is 15.9. The van der Waals surface area contributed by atoms with Crippen molar-refractivity contribution in [2.75, 3.05) is 0 Å². The molecule has 92 valence electrons. The van der Waals surface area contributed by atoms with Gasteiger partial charge in [-0.25, -0.2) is 0 Å². The minimum atomic E-state index is -0.431. The summed E-state index contributed by atoms with van der Waals surface area (Å²) in [5.41, 5.74) is 1.07. The normalized spacial score (nSPS) is 11.8.